The van der Waals surface area contributed by atoms with Crippen molar-refractivity contribution in [3.8, 4) is 0 Å². The molecule has 0 atom stereocenters. The molecule has 0 spiro atoms. The average Bonchev–Trinajstić information content (AvgIpc) is 2.01. The first-order valence-electron chi connectivity index (χ1n) is 3.03. The first-order valence-corrected chi connectivity index (χ1v) is 4.64. The van der Waals surface area contributed by atoms with Gasteiger partial charge in [-0.3, -0.25) is 4.55 Å². The number of hydrogen-bond donors (Lipinski definition) is 1. The summed E-state index contributed by atoms with van der Waals surface area (Å²) < 4.78 is 26.7. The van der Waals surface area contributed by atoms with Gasteiger partial charge in [-0.25, -0.2) is 8.42 Å². The van der Waals surface area contributed by atoms with Crippen molar-refractivity contribution in [3.05, 3.63) is 19.1 Å². The molecule has 0 saturated carbocycles. The third-order valence-electron chi connectivity index (χ3n) is 0.613. The Hall–Kier alpha value is 1.59. The Bertz CT molecular complexity index is 309. The molecule has 0 saturated heterocycles. The molecule has 0 amide bonds. The molecule has 0 aliphatic heterocycles. The fourth-order valence-corrected chi connectivity index (χ4v) is 0.136. The van der Waals surface area contributed by atoms with Crippen molar-refractivity contribution in [2.24, 2.45) is 0 Å². The van der Waals surface area contributed by atoms with Crippen LogP contribution in [-0.4, -0.2) is 30.7 Å². The third kappa shape index (κ3) is 46.5. The van der Waals surface area contributed by atoms with Crippen LogP contribution in [-0.2, 0) is 19.7 Å². The van der Waals surface area contributed by atoms with E-state index in [0.717, 1.165) is 0 Å². The minimum atomic E-state index is -3.77. The minimum absolute atomic E-state index is 0. The second-order valence-electron chi connectivity index (χ2n) is 1.76. The normalized spacial score (nSPS) is 8.59. The summed E-state index contributed by atoms with van der Waals surface area (Å²) in [6.07, 6.45) is 0.769. The van der Waals surface area contributed by atoms with E-state index >= 15 is 0 Å². The number of carboxylic acids is 2. The smallest absolute Gasteiger partial charge is 0.545 e. The van der Waals surface area contributed by atoms with Crippen molar-refractivity contribution in [1.29, 1.82) is 0 Å². The van der Waals surface area contributed by atoms with Gasteiger partial charge in [0.2, 0.25) is 10.1 Å². The van der Waals surface area contributed by atoms with Crippen molar-refractivity contribution in [1.82, 2.24) is 0 Å². The van der Waals surface area contributed by atoms with Gasteiger partial charge < -0.3 is 26.7 Å². The van der Waals surface area contributed by atoms with Gasteiger partial charge in [-0.05, 0) is 12.2 Å². The molecule has 17 heavy (non-hydrogen) atoms. The summed E-state index contributed by atoms with van der Waals surface area (Å²) in [5, 5.41) is 18.8. The zero-order valence-corrected chi connectivity index (χ0v) is 16.7. The molecule has 0 aliphatic rings. The predicted molar refractivity (Wildman–Crippen MR) is 40.9 cm³/mol. The molecule has 0 heterocycles. The maximum atomic E-state index is 9.49. The number of carbonyl (C=O) groups excluding carboxylic acids is 2. The first-order chi connectivity index (χ1) is 6.19. The van der Waals surface area contributed by atoms with Crippen LogP contribution in [0.25, 0.3) is 0 Å². The van der Waals surface area contributed by atoms with Gasteiger partial charge in [-0.1, -0.05) is 5.75 Å². The Labute approximate surface area is 166 Å². The van der Waals surface area contributed by atoms with E-state index in [-0.39, 0.29) is 88.7 Å². The molecule has 0 bridgehead atoms. The van der Waals surface area contributed by atoms with Gasteiger partial charge in [0.15, 0.2) is 0 Å². The zero-order valence-electron chi connectivity index (χ0n) is 9.87. The molecule has 0 aromatic heterocycles. The van der Waals surface area contributed by atoms with Gasteiger partial charge in [0, 0.05) is 0 Å². The maximum Gasteiger partial charge on any atom is 1.00 e. The monoisotopic (exact) mass is 292 g/mol. The van der Waals surface area contributed by atoms with Crippen molar-refractivity contribution in [2.45, 2.75) is 0 Å². The summed E-state index contributed by atoms with van der Waals surface area (Å²) in [5.74, 6) is -3.55. The van der Waals surface area contributed by atoms with Gasteiger partial charge in [0.1, 0.15) is 0 Å². The molecule has 0 unspecified atom stereocenters. The van der Waals surface area contributed by atoms with E-state index in [0.29, 0.717) is 12.2 Å². The molecule has 0 radical (unpaired) electrons. The fourth-order valence-electron chi connectivity index (χ4n) is 0.136. The molecule has 82 valence electrons. The van der Waals surface area contributed by atoms with Crippen LogP contribution in [0.4, 0.5) is 0 Å². The Morgan fingerprint density at radius 2 is 1.24 bits per heavy atom. The van der Waals surface area contributed by atoms with E-state index in [1.54, 1.807) is 0 Å². The van der Waals surface area contributed by atoms with E-state index in [1.807, 2.05) is 0 Å². The van der Waals surface area contributed by atoms with Gasteiger partial charge in [0.25, 0.3) is 0 Å². The van der Waals surface area contributed by atoms with Crippen molar-refractivity contribution in [3.63, 3.8) is 0 Å². The average molecular weight is 292 g/mol. The predicted octanol–water partition coefficient (Wildman–Crippen LogP) is -12.2. The van der Waals surface area contributed by atoms with Crippen LogP contribution >= 0.6 is 0 Å². The van der Waals surface area contributed by atoms with Crippen LogP contribution < -0.4 is 98.9 Å². The number of rotatable bonds is 3. The Kier molecular flexibility index (Phi) is 32.2. The Balaban J connectivity index is -0.0000000493. The van der Waals surface area contributed by atoms with Gasteiger partial charge in [-0.2, -0.15) is 0 Å². The number of carboxylic acid groups (broad SMARTS) is 2. The van der Waals surface area contributed by atoms with Gasteiger partial charge in [0.05, 0.1) is 11.9 Å². The van der Waals surface area contributed by atoms with E-state index in [9.17, 15) is 28.2 Å². The van der Waals surface area contributed by atoms with Crippen molar-refractivity contribution < 1.29 is 121 Å². The Morgan fingerprint density at radius 1 is 1.06 bits per heavy atom. The molecule has 0 aliphatic carbocycles. The molecule has 0 rings (SSSR count). The third-order valence-corrected chi connectivity index (χ3v) is 1.13. The second-order valence-corrected chi connectivity index (χ2v) is 3.33. The van der Waals surface area contributed by atoms with Crippen LogP contribution in [0.2, 0.25) is 0 Å². The molecular weight excluding hydrogens is 285 g/mol. The Morgan fingerprint density at radius 3 is 1.29 bits per heavy atom. The largest absolute Gasteiger partial charge is 1.00 e. The fraction of sp³-hybridized carbons (Fsp3) is 0.167. The first kappa shape index (κ1) is 31.1. The summed E-state index contributed by atoms with van der Waals surface area (Å²) in [6.45, 7) is 2.92. The SMILES string of the molecule is O=C([O-])C=CC(=O)[O-].[CH2-]CS(=O)(=O)O.[Na+].[Na+].[Na+]. The maximum absolute atomic E-state index is 9.49. The van der Waals surface area contributed by atoms with Crippen LogP contribution in [0, 0.1) is 6.92 Å². The quantitative estimate of drug-likeness (QED) is 0.236. The van der Waals surface area contributed by atoms with Crippen LogP contribution in [0.3, 0.4) is 0 Å². The van der Waals surface area contributed by atoms with E-state index in [1.165, 1.54) is 0 Å². The summed E-state index contributed by atoms with van der Waals surface area (Å²) >= 11 is 0. The summed E-state index contributed by atoms with van der Waals surface area (Å²) in [7, 11) is -3.77. The van der Waals surface area contributed by atoms with E-state index in [2.05, 4.69) is 6.92 Å². The molecule has 1 N–H and O–H groups in total. The van der Waals surface area contributed by atoms with Crippen LogP contribution in [0.1, 0.15) is 0 Å². The molecule has 0 aromatic rings. The van der Waals surface area contributed by atoms with Crippen molar-refractivity contribution in [2.75, 3.05) is 5.75 Å². The number of hydrogen-bond acceptors (Lipinski definition) is 6. The summed E-state index contributed by atoms with van der Waals surface area (Å²) in [4.78, 5) is 18.8. The number of carbonyl (C=O) groups is 2. The minimum Gasteiger partial charge on any atom is -0.545 e. The number of aliphatic carboxylic acids is 2. The molecule has 0 fully saturated rings. The van der Waals surface area contributed by atoms with E-state index < -0.39 is 27.8 Å². The molecular formula is C6H7Na3O7S. The van der Waals surface area contributed by atoms with Crippen molar-refractivity contribution >= 4 is 22.1 Å². The standard InChI is InChI=1S/C4H4O4.C2H5O3S.3Na/c5-3(6)1-2-4(7)8;1-2-6(3,4)5;;;/h1-2H,(H,5,6)(H,7,8);1-2H2,(H,3,4,5);;;/q;-1;3*+1/p-2. The topological polar surface area (TPSA) is 135 Å². The molecule has 7 nitrogen and oxygen atoms in total. The zero-order chi connectivity index (χ0) is 11.8. The van der Waals surface area contributed by atoms with Gasteiger partial charge >= 0.3 is 88.7 Å². The van der Waals surface area contributed by atoms with E-state index in [4.69, 9.17) is 4.55 Å². The summed E-state index contributed by atoms with van der Waals surface area (Å²) in [5.41, 5.74) is 0. The molecule has 11 heteroatoms. The van der Waals surface area contributed by atoms with Crippen LogP contribution in [0.5, 0.6) is 0 Å². The van der Waals surface area contributed by atoms with Gasteiger partial charge in [-0.15, -0.1) is 0 Å². The second kappa shape index (κ2) is 17.6. The van der Waals surface area contributed by atoms with Crippen LogP contribution in [0.15, 0.2) is 12.2 Å². The summed E-state index contributed by atoms with van der Waals surface area (Å²) in [6, 6.07) is 0. The molecule has 0 aromatic carbocycles.